The molecular formula is C22H19NO. The molecule has 0 N–H and O–H groups in total. The molecule has 0 saturated carbocycles. The Bertz CT molecular complexity index is 822. The van der Waals surface area contributed by atoms with Crippen LogP contribution in [0.25, 0.3) is 5.76 Å². The van der Waals surface area contributed by atoms with E-state index < -0.39 is 0 Å². The molecule has 0 unspecified atom stereocenters. The average Bonchev–Trinajstić information content (AvgIpc) is 2.64. The fourth-order valence-corrected chi connectivity index (χ4v) is 2.48. The van der Waals surface area contributed by atoms with Gasteiger partial charge in [0.05, 0.1) is 0 Å². The van der Waals surface area contributed by atoms with Crippen LogP contribution in [0.5, 0.6) is 0 Å². The molecule has 0 radical (unpaired) electrons. The Morgan fingerprint density at radius 3 is 1.92 bits per heavy atom. The van der Waals surface area contributed by atoms with E-state index in [0.29, 0.717) is 12.1 Å². The number of rotatable bonds is 5. The molecule has 0 atom stereocenters. The van der Waals surface area contributed by atoms with Gasteiger partial charge in [0.25, 0.3) is 0 Å². The van der Waals surface area contributed by atoms with Gasteiger partial charge in [-0.1, -0.05) is 78.9 Å². The van der Waals surface area contributed by atoms with Crippen LogP contribution in [-0.2, 0) is 6.54 Å². The zero-order chi connectivity index (χ0) is 16.6. The fourth-order valence-electron chi connectivity index (χ4n) is 2.48. The van der Waals surface area contributed by atoms with Crippen LogP contribution in [0.4, 0.5) is 0 Å². The minimum atomic E-state index is -0.00119. The van der Waals surface area contributed by atoms with E-state index in [2.05, 4.69) is 12.1 Å². The Morgan fingerprint density at radius 2 is 1.29 bits per heavy atom. The van der Waals surface area contributed by atoms with Crippen LogP contribution in [0.15, 0.2) is 97.2 Å². The second-order valence-corrected chi connectivity index (χ2v) is 5.56. The predicted molar refractivity (Wildman–Crippen MR) is 96.4 cm³/mol. The van der Waals surface area contributed by atoms with E-state index in [0.717, 1.165) is 11.1 Å². The number of benzene rings is 3. The van der Waals surface area contributed by atoms with Crippen molar-refractivity contribution in [2.24, 2.45) is 0 Å². The largest absolute Gasteiger partial charge is 0.868 e. The molecule has 3 aromatic carbocycles. The maximum atomic E-state index is 12.5. The number of hydrogen-bond donors (Lipinski definition) is 0. The van der Waals surface area contributed by atoms with E-state index in [1.54, 1.807) is 6.20 Å². The van der Waals surface area contributed by atoms with Crippen molar-refractivity contribution in [1.29, 1.82) is 0 Å². The van der Waals surface area contributed by atoms with E-state index in [1.807, 2.05) is 89.7 Å². The van der Waals surface area contributed by atoms with Crippen LogP contribution in [0, 0.1) is 0 Å². The third kappa shape index (κ3) is 4.43. The summed E-state index contributed by atoms with van der Waals surface area (Å²) >= 11 is 0. The third-order valence-corrected chi connectivity index (χ3v) is 3.66. The maximum Gasteiger partial charge on any atom is 0.176 e. The van der Waals surface area contributed by atoms with Crippen LogP contribution in [-0.4, -0.2) is 10.8 Å². The topological polar surface area (TPSA) is 26.1 Å². The zero-order valence-electron chi connectivity index (χ0n) is 13.4. The summed E-state index contributed by atoms with van der Waals surface area (Å²) in [6.07, 6.45) is 3.66. The van der Waals surface area contributed by atoms with Crippen molar-refractivity contribution in [2.75, 3.05) is 0 Å². The molecule has 118 valence electrons. The summed E-state index contributed by atoms with van der Waals surface area (Å²) < 4.78 is 1.94. The molecule has 0 heterocycles. The molecule has 3 rings (SSSR count). The lowest BCUT2D eigenvalue weighted by Crippen LogP contribution is -2.12. The van der Waals surface area contributed by atoms with Crippen molar-refractivity contribution in [3.8, 4) is 0 Å². The molecule has 0 aromatic heterocycles. The molecule has 0 bridgehead atoms. The van der Waals surface area contributed by atoms with Crippen LogP contribution < -0.4 is 5.11 Å². The molecule has 0 saturated heterocycles. The molecule has 2 heteroatoms. The first-order valence-electron chi connectivity index (χ1n) is 7.95. The molecule has 0 aliphatic heterocycles. The van der Waals surface area contributed by atoms with Crippen LogP contribution in [0.2, 0.25) is 0 Å². The smallest absolute Gasteiger partial charge is 0.176 e. The van der Waals surface area contributed by atoms with E-state index in [-0.39, 0.29) is 5.76 Å². The van der Waals surface area contributed by atoms with E-state index >= 15 is 0 Å². The normalized spacial score (nSPS) is 12.2. The van der Waals surface area contributed by atoms with E-state index in [9.17, 15) is 5.11 Å². The summed E-state index contributed by atoms with van der Waals surface area (Å²) in [6, 6.07) is 29.5. The van der Waals surface area contributed by atoms with Gasteiger partial charge >= 0.3 is 0 Å². The molecule has 0 aliphatic carbocycles. The molecule has 0 fully saturated rings. The Balaban J connectivity index is 1.94. The van der Waals surface area contributed by atoms with Gasteiger partial charge in [-0.05, 0) is 23.5 Å². The van der Waals surface area contributed by atoms with Gasteiger partial charge in [-0.3, -0.25) is 0 Å². The predicted octanol–water partition coefficient (Wildman–Crippen LogP) is 3.68. The zero-order valence-corrected chi connectivity index (χ0v) is 13.4. The van der Waals surface area contributed by atoms with Crippen LogP contribution in [0.3, 0.4) is 0 Å². The summed E-state index contributed by atoms with van der Waals surface area (Å²) in [7, 11) is 0. The minimum absolute atomic E-state index is 0.00119. The van der Waals surface area contributed by atoms with Gasteiger partial charge in [0, 0.05) is 11.1 Å². The van der Waals surface area contributed by atoms with Crippen LogP contribution in [0.1, 0.15) is 16.7 Å². The average molecular weight is 313 g/mol. The first-order chi connectivity index (χ1) is 11.8. The van der Waals surface area contributed by atoms with Crippen molar-refractivity contribution in [3.05, 3.63) is 114 Å². The van der Waals surface area contributed by atoms with E-state index in [1.165, 1.54) is 0 Å². The highest BCUT2D eigenvalue weighted by molar-refractivity contribution is 5.75. The van der Waals surface area contributed by atoms with Crippen molar-refractivity contribution in [3.63, 3.8) is 0 Å². The molecule has 24 heavy (non-hydrogen) atoms. The van der Waals surface area contributed by atoms with Crippen molar-refractivity contribution < 1.29 is 9.68 Å². The number of nitrogens with zero attached hydrogens (tertiary/aromatic N) is 1. The number of hydrogen-bond acceptors (Lipinski definition) is 1. The Hall–Kier alpha value is -3.13. The molecule has 0 aliphatic rings. The summed E-state index contributed by atoms with van der Waals surface area (Å²) in [5.41, 5.74) is 2.91. The van der Waals surface area contributed by atoms with Crippen molar-refractivity contribution >= 4 is 12.0 Å². The van der Waals surface area contributed by atoms with Crippen molar-refractivity contribution in [2.45, 2.75) is 6.54 Å². The van der Waals surface area contributed by atoms with Gasteiger partial charge in [0.2, 0.25) is 0 Å². The SMILES string of the molecule is [O-]/C(=C\[N+](=Cc1ccccc1)Cc1ccccc1)c1ccccc1. The summed E-state index contributed by atoms with van der Waals surface area (Å²) in [4.78, 5) is 0. The highest BCUT2D eigenvalue weighted by Crippen LogP contribution is 2.09. The van der Waals surface area contributed by atoms with E-state index in [4.69, 9.17) is 0 Å². The third-order valence-electron chi connectivity index (χ3n) is 3.66. The van der Waals surface area contributed by atoms with Crippen LogP contribution >= 0.6 is 0 Å². The standard InChI is InChI=1S/C22H19NO/c24-22(21-14-8-3-9-15-21)18-23(16-19-10-4-1-5-11-19)17-20-12-6-2-7-13-20/h1-16,18H,17H2/b22-18-,23-16?. The molecule has 0 amide bonds. The Labute approximate surface area is 142 Å². The summed E-state index contributed by atoms with van der Waals surface area (Å²) in [5, 5.41) is 12.5. The Kier molecular flexibility index (Phi) is 5.21. The second kappa shape index (κ2) is 7.93. The summed E-state index contributed by atoms with van der Waals surface area (Å²) in [6.45, 7) is 0.647. The monoisotopic (exact) mass is 313 g/mol. The first-order valence-corrected chi connectivity index (χ1v) is 7.95. The van der Waals surface area contributed by atoms with Gasteiger partial charge < -0.3 is 5.11 Å². The Morgan fingerprint density at radius 1 is 0.750 bits per heavy atom. The van der Waals surface area contributed by atoms with Gasteiger partial charge in [-0.25, -0.2) is 4.58 Å². The minimum Gasteiger partial charge on any atom is -0.868 e. The lowest BCUT2D eigenvalue weighted by molar-refractivity contribution is -0.473. The quantitative estimate of drug-likeness (QED) is 0.401. The molecular weight excluding hydrogens is 294 g/mol. The lowest BCUT2D eigenvalue weighted by atomic mass is 10.2. The second-order valence-electron chi connectivity index (χ2n) is 5.56. The van der Waals surface area contributed by atoms with Gasteiger partial charge in [-0.15, -0.1) is 0 Å². The fraction of sp³-hybridized carbons (Fsp3) is 0.0455. The molecule has 0 spiro atoms. The van der Waals surface area contributed by atoms with Gasteiger partial charge in [0.15, 0.2) is 19.0 Å². The first kappa shape index (κ1) is 15.8. The lowest BCUT2D eigenvalue weighted by Gasteiger charge is -2.10. The summed E-state index contributed by atoms with van der Waals surface area (Å²) in [5.74, 6) is -0.00119. The molecule has 3 aromatic rings. The highest BCUT2D eigenvalue weighted by Gasteiger charge is 2.04. The van der Waals surface area contributed by atoms with Crippen molar-refractivity contribution in [1.82, 2.24) is 0 Å². The maximum absolute atomic E-state index is 12.5. The molecule has 2 nitrogen and oxygen atoms in total. The highest BCUT2D eigenvalue weighted by atomic mass is 16.3. The van der Waals surface area contributed by atoms with Gasteiger partial charge in [0.1, 0.15) is 0 Å². The van der Waals surface area contributed by atoms with Gasteiger partial charge in [-0.2, -0.15) is 0 Å².